The van der Waals surface area contributed by atoms with Gasteiger partial charge in [-0.05, 0) is 26.3 Å². The van der Waals surface area contributed by atoms with E-state index in [9.17, 15) is 0 Å². The average molecular weight is 180 g/mol. The van der Waals surface area contributed by atoms with Gasteiger partial charge < -0.3 is 5.73 Å². The maximum atomic E-state index is 7.11. The molecular formula is C9H16N4. The Kier molecular flexibility index (Phi) is 2.70. The van der Waals surface area contributed by atoms with Crippen LogP contribution in [0.3, 0.4) is 0 Å². The molecule has 0 spiro atoms. The highest BCUT2D eigenvalue weighted by Gasteiger charge is 2.06. The molecule has 0 atom stereocenters. The van der Waals surface area contributed by atoms with Crippen LogP contribution in [0.25, 0.3) is 0 Å². The minimum absolute atomic E-state index is 0.213. The number of aryl methyl sites for hydroxylation is 2. The Hall–Kier alpha value is -1.32. The minimum Gasteiger partial charge on any atom is -0.388 e. The van der Waals surface area contributed by atoms with E-state index in [4.69, 9.17) is 11.1 Å². The Morgan fingerprint density at radius 2 is 2.08 bits per heavy atom. The van der Waals surface area contributed by atoms with Gasteiger partial charge in [-0.2, -0.15) is 5.10 Å². The van der Waals surface area contributed by atoms with E-state index < -0.39 is 0 Å². The van der Waals surface area contributed by atoms with Crippen LogP contribution >= 0.6 is 0 Å². The number of nitrogens with two attached hydrogens (primary N) is 1. The summed E-state index contributed by atoms with van der Waals surface area (Å²) in [5.74, 6) is 0.213. The van der Waals surface area contributed by atoms with Crippen molar-refractivity contribution in [2.45, 2.75) is 33.7 Å². The summed E-state index contributed by atoms with van der Waals surface area (Å²) in [4.78, 5) is 0. The molecule has 0 saturated heterocycles. The Morgan fingerprint density at radius 3 is 2.46 bits per heavy atom. The molecule has 1 aromatic heterocycles. The molecular weight excluding hydrogens is 164 g/mol. The minimum atomic E-state index is 0.213. The highest BCUT2D eigenvalue weighted by atomic mass is 15.3. The SMILES string of the molecule is Cc1nn(CCC(=N)N)c(C)c1C. The van der Waals surface area contributed by atoms with Gasteiger partial charge in [0.1, 0.15) is 0 Å². The summed E-state index contributed by atoms with van der Waals surface area (Å²) in [5.41, 5.74) is 8.72. The van der Waals surface area contributed by atoms with Gasteiger partial charge in [0.2, 0.25) is 0 Å². The van der Waals surface area contributed by atoms with Crippen molar-refractivity contribution in [3.63, 3.8) is 0 Å². The molecule has 0 aliphatic heterocycles. The van der Waals surface area contributed by atoms with Crippen LogP contribution in [0.1, 0.15) is 23.4 Å². The van der Waals surface area contributed by atoms with E-state index in [-0.39, 0.29) is 5.84 Å². The molecule has 1 aromatic rings. The summed E-state index contributed by atoms with van der Waals surface area (Å²) >= 11 is 0. The van der Waals surface area contributed by atoms with Gasteiger partial charge in [-0.1, -0.05) is 0 Å². The van der Waals surface area contributed by atoms with Crippen LogP contribution in [0.15, 0.2) is 0 Å². The molecule has 0 fully saturated rings. The van der Waals surface area contributed by atoms with Gasteiger partial charge in [-0.15, -0.1) is 0 Å². The molecule has 0 saturated carbocycles. The number of nitrogens with zero attached hydrogens (tertiary/aromatic N) is 2. The third kappa shape index (κ3) is 2.08. The van der Waals surface area contributed by atoms with Gasteiger partial charge in [0.15, 0.2) is 0 Å². The predicted molar refractivity (Wildman–Crippen MR) is 53.0 cm³/mol. The van der Waals surface area contributed by atoms with E-state index in [0.29, 0.717) is 13.0 Å². The zero-order valence-electron chi connectivity index (χ0n) is 8.39. The van der Waals surface area contributed by atoms with Crippen molar-refractivity contribution < 1.29 is 0 Å². The molecule has 4 heteroatoms. The smallest absolute Gasteiger partial charge is 0.0923 e. The third-order valence-electron chi connectivity index (χ3n) is 2.34. The monoisotopic (exact) mass is 180 g/mol. The summed E-state index contributed by atoms with van der Waals surface area (Å²) in [6.45, 7) is 6.79. The zero-order chi connectivity index (χ0) is 10.0. The molecule has 1 heterocycles. The van der Waals surface area contributed by atoms with Crippen LogP contribution in [0.2, 0.25) is 0 Å². The molecule has 1 rings (SSSR count). The molecule has 13 heavy (non-hydrogen) atoms. The van der Waals surface area contributed by atoms with Crippen molar-refractivity contribution in [2.24, 2.45) is 5.73 Å². The van der Waals surface area contributed by atoms with Crippen LogP contribution in [0, 0.1) is 26.2 Å². The standard InChI is InChI=1S/C9H16N4/c1-6-7(2)12-13(8(6)3)5-4-9(10)11/h4-5H2,1-3H3,(H3,10,11). The normalized spacial score (nSPS) is 10.4. The fourth-order valence-corrected chi connectivity index (χ4v) is 1.23. The molecule has 0 bridgehead atoms. The Labute approximate surface area is 78.3 Å². The number of nitrogens with one attached hydrogen (secondary N) is 1. The van der Waals surface area contributed by atoms with Gasteiger partial charge in [0, 0.05) is 18.7 Å². The first-order valence-electron chi connectivity index (χ1n) is 4.36. The van der Waals surface area contributed by atoms with Gasteiger partial charge in [0.25, 0.3) is 0 Å². The van der Waals surface area contributed by atoms with E-state index in [1.165, 1.54) is 11.3 Å². The van der Waals surface area contributed by atoms with Gasteiger partial charge in [-0.25, -0.2) is 0 Å². The van der Waals surface area contributed by atoms with E-state index in [1.807, 2.05) is 18.5 Å². The quantitative estimate of drug-likeness (QED) is 0.541. The van der Waals surface area contributed by atoms with Crippen molar-refractivity contribution in [1.82, 2.24) is 9.78 Å². The highest BCUT2D eigenvalue weighted by molar-refractivity contribution is 5.76. The van der Waals surface area contributed by atoms with E-state index >= 15 is 0 Å². The van der Waals surface area contributed by atoms with Crippen molar-refractivity contribution in [3.8, 4) is 0 Å². The summed E-state index contributed by atoms with van der Waals surface area (Å²) in [6.07, 6.45) is 0.571. The Balaban J connectivity index is 2.78. The number of amidine groups is 1. The van der Waals surface area contributed by atoms with E-state index in [1.54, 1.807) is 0 Å². The van der Waals surface area contributed by atoms with Gasteiger partial charge in [-0.3, -0.25) is 10.1 Å². The molecule has 0 amide bonds. The molecule has 0 radical (unpaired) electrons. The highest BCUT2D eigenvalue weighted by Crippen LogP contribution is 2.10. The van der Waals surface area contributed by atoms with Gasteiger partial charge in [0.05, 0.1) is 11.5 Å². The third-order valence-corrected chi connectivity index (χ3v) is 2.34. The van der Waals surface area contributed by atoms with Crippen LogP contribution < -0.4 is 5.73 Å². The van der Waals surface area contributed by atoms with Crippen molar-refractivity contribution in [1.29, 1.82) is 5.41 Å². The maximum Gasteiger partial charge on any atom is 0.0923 e. The lowest BCUT2D eigenvalue weighted by Crippen LogP contribution is -2.14. The first-order valence-corrected chi connectivity index (χ1v) is 4.36. The number of aromatic nitrogens is 2. The maximum absolute atomic E-state index is 7.11. The molecule has 0 aliphatic carbocycles. The van der Waals surface area contributed by atoms with Crippen LogP contribution in [0.4, 0.5) is 0 Å². The fourth-order valence-electron chi connectivity index (χ4n) is 1.23. The molecule has 3 N–H and O–H groups in total. The lowest BCUT2D eigenvalue weighted by molar-refractivity contribution is 0.609. The fraction of sp³-hybridized carbons (Fsp3) is 0.556. The second-order valence-electron chi connectivity index (χ2n) is 3.29. The van der Waals surface area contributed by atoms with Crippen molar-refractivity contribution in [2.75, 3.05) is 0 Å². The lowest BCUT2D eigenvalue weighted by Gasteiger charge is -2.02. The summed E-state index contributed by atoms with van der Waals surface area (Å²) in [5, 5.41) is 11.5. The van der Waals surface area contributed by atoms with Crippen LogP contribution in [0.5, 0.6) is 0 Å². The number of rotatable bonds is 3. The molecule has 0 aliphatic rings. The van der Waals surface area contributed by atoms with Crippen LogP contribution in [-0.2, 0) is 6.54 Å². The largest absolute Gasteiger partial charge is 0.388 e. The zero-order valence-corrected chi connectivity index (χ0v) is 8.39. The number of hydrogen-bond acceptors (Lipinski definition) is 2. The first kappa shape index (κ1) is 9.77. The van der Waals surface area contributed by atoms with Gasteiger partial charge >= 0.3 is 0 Å². The predicted octanol–water partition coefficient (Wildman–Crippen LogP) is 1.13. The van der Waals surface area contributed by atoms with Crippen molar-refractivity contribution in [3.05, 3.63) is 17.0 Å². The second kappa shape index (κ2) is 3.60. The van der Waals surface area contributed by atoms with E-state index in [0.717, 1.165) is 5.69 Å². The molecule has 4 nitrogen and oxygen atoms in total. The Bertz CT molecular complexity index is 325. The van der Waals surface area contributed by atoms with Crippen LogP contribution in [-0.4, -0.2) is 15.6 Å². The molecule has 0 aromatic carbocycles. The number of hydrogen-bond donors (Lipinski definition) is 2. The average Bonchev–Trinajstić information content (AvgIpc) is 2.29. The topological polar surface area (TPSA) is 67.7 Å². The Morgan fingerprint density at radius 1 is 1.46 bits per heavy atom. The summed E-state index contributed by atoms with van der Waals surface area (Å²) in [7, 11) is 0. The molecule has 72 valence electrons. The molecule has 0 unspecified atom stereocenters. The van der Waals surface area contributed by atoms with Crippen molar-refractivity contribution >= 4 is 5.84 Å². The second-order valence-corrected chi connectivity index (χ2v) is 3.29. The summed E-state index contributed by atoms with van der Waals surface area (Å²) < 4.78 is 1.91. The summed E-state index contributed by atoms with van der Waals surface area (Å²) in [6, 6.07) is 0. The van der Waals surface area contributed by atoms with E-state index in [2.05, 4.69) is 12.0 Å². The first-order chi connectivity index (χ1) is 6.02. The lowest BCUT2D eigenvalue weighted by atomic mass is 10.2.